The summed E-state index contributed by atoms with van der Waals surface area (Å²) < 4.78 is 0. The second-order valence-electron chi connectivity index (χ2n) is 3.68. The average Bonchev–Trinajstić information content (AvgIpc) is 2.60. The van der Waals surface area contributed by atoms with Crippen molar-refractivity contribution >= 4 is 17.2 Å². The number of amides is 1. The summed E-state index contributed by atoms with van der Waals surface area (Å²) in [4.78, 5) is 12.6. The summed E-state index contributed by atoms with van der Waals surface area (Å²) >= 11 is 1.69. The lowest BCUT2D eigenvalue weighted by atomic mass is 10.2. The van der Waals surface area contributed by atoms with Gasteiger partial charge in [0.15, 0.2) is 0 Å². The molecule has 0 saturated heterocycles. The number of nitrogens with one attached hydrogen (secondary N) is 1. The van der Waals surface area contributed by atoms with Crippen molar-refractivity contribution in [2.24, 2.45) is 5.73 Å². The molecule has 0 radical (unpaired) electrons. The number of hydrogen-bond donors (Lipinski definition) is 2. The lowest BCUT2D eigenvalue weighted by Gasteiger charge is -2.07. The van der Waals surface area contributed by atoms with Crippen LogP contribution in [-0.2, 0) is 17.8 Å². The summed E-state index contributed by atoms with van der Waals surface area (Å²) in [7, 11) is 0. The third kappa shape index (κ3) is 4.01. The van der Waals surface area contributed by atoms with E-state index < -0.39 is 0 Å². The Kier molecular flexibility index (Phi) is 4.78. The van der Waals surface area contributed by atoms with Crippen molar-refractivity contribution in [3.63, 3.8) is 0 Å². The van der Waals surface area contributed by atoms with Gasteiger partial charge < -0.3 is 11.1 Å². The molecule has 1 unspecified atom stereocenters. The van der Waals surface area contributed by atoms with Gasteiger partial charge in [-0.3, -0.25) is 4.79 Å². The van der Waals surface area contributed by atoms with Gasteiger partial charge in [0.1, 0.15) is 0 Å². The Labute approximate surface area is 94.7 Å². The zero-order chi connectivity index (χ0) is 11.3. The molecular formula is C11H18N2OS. The number of aryl methyl sites for hydroxylation is 1. The van der Waals surface area contributed by atoms with Crippen molar-refractivity contribution in [2.75, 3.05) is 0 Å². The minimum atomic E-state index is -0.0704. The maximum absolute atomic E-state index is 11.4. The summed E-state index contributed by atoms with van der Waals surface area (Å²) in [6, 6.07) is 2.04. The van der Waals surface area contributed by atoms with Crippen molar-refractivity contribution in [3.8, 4) is 0 Å². The number of carbonyl (C=O) groups is 1. The number of nitrogens with two attached hydrogens (primary N) is 1. The van der Waals surface area contributed by atoms with Gasteiger partial charge in [-0.25, -0.2) is 0 Å². The minimum Gasteiger partial charge on any atom is -0.351 e. The first-order valence-corrected chi connectivity index (χ1v) is 6.09. The monoisotopic (exact) mass is 226 g/mol. The van der Waals surface area contributed by atoms with E-state index >= 15 is 0 Å². The smallest absolute Gasteiger partial charge is 0.221 e. The topological polar surface area (TPSA) is 55.1 Å². The Bertz CT molecular complexity index is 320. The molecule has 1 atom stereocenters. The molecule has 0 aromatic carbocycles. The Morgan fingerprint density at radius 2 is 2.40 bits per heavy atom. The maximum atomic E-state index is 11.4. The summed E-state index contributed by atoms with van der Waals surface area (Å²) in [5, 5.41) is 4.94. The molecule has 3 N–H and O–H groups in total. The fourth-order valence-corrected chi connectivity index (χ4v) is 2.30. The predicted octanol–water partition coefficient (Wildman–Crippen LogP) is 1.66. The SMILES string of the molecule is CCc1ccsc1CNC(=O)CC(C)N. The van der Waals surface area contributed by atoms with Crippen LogP contribution in [0.4, 0.5) is 0 Å². The first kappa shape index (κ1) is 12.2. The second-order valence-corrected chi connectivity index (χ2v) is 4.68. The van der Waals surface area contributed by atoms with Gasteiger partial charge in [0.25, 0.3) is 0 Å². The molecule has 0 aliphatic carbocycles. The van der Waals surface area contributed by atoms with Crippen molar-refractivity contribution < 1.29 is 4.79 Å². The largest absolute Gasteiger partial charge is 0.351 e. The van der Waals surface area contributed by atoms with Crippen LogP contribution in [0.1, 0.15) is 30.7 Å². The molecule has 1 heterocycles. The Morgan fingerprint density at radius 1 is 1.67 bits per heavy atom. The van der Waals surface area contributed by atoms with Gasteiger partial charge in [0, 0.05) is 17.3 Å². The summed E-state index contributed by atoms with van der Waals surface area (Å²) in [6.45, 7) is 4.59. The van der Waals surface area contributed by atoms with E-state index in [9.17, 15) is 4.79 Å². The number of carbonyl (C=O) groups excluding carboxylic acids is 1. The number of hydrogen-bond acceptors (Lipinski definition) is 3. The summed E-state index contributed by atoms with van der Waals surface area (Å²) in [5.41, 5.74) is 6.86. The van der Waals surface area contributed by atoms with E-state index in [1.807, 2.05) is 6.92 Å². The number of rotatable bonds is 5. The van der Waals surface area contributed by atoms with E-state index in [2.05, 4.69) is 23.7 Å². The molecular weight excluding hydrogens is 208 g/mol. The highest BCUT2D eigenvalue weighted by Gasteiger charge is 2.06. The molecule has 4 heteroatoms. The summed E-state index contributed by atoms with van der Waals surface area (Å²) in [5.74, 6) is 0.0282. The second kappa shape index (κ2) is 5.88. The molecule has 0 saturated carbocycles. The quantitative estimate of drug-likeness (QED) is 0.802. The van der Waals surface area contributed by atoms with E-state index in [0.717, 1.165) is 6.42 Å². The van der Waals surface area contributed by atoms with E-state index in [1.54, 1.807) is 11.3 Å². The fourth-order valence-electron chi connectivity index (χ4n) is 1.38. The van der Waals surface area contributed by atoms with Crippen molar-refractivity contribution in [3.05, 3.63) is 21.9 Å². The molecule has 1 rings (SSSR count). The molecule has 0 fully saturated rings. The van der Waals surface area contributed by atoms with Crippen molar-refractivity contribution in [1.29, 1.82) is 0 Å². The van der Waals surface area contributed by atoms with E-state index in [1.165, 1.54) is 10.4 Å². The van der Waals surface area contributed by atoms with Crippen molar-refractivity contribution in [2.45, 2.75) is 39.3 Å². The molecule has 3 nitrogen and oxygen atoms in total. The Morgan fingerprint density at radius 3 is 3.00 bits per heavy atom. The first-order valence-electron chi connectivity index (χ1n) is 5.21. The molecule has 0 aliphatic heterocycles. The molecule has 1 aromatic heterocycles. The van der Waals surface area contributed by atoms with Gasteiger partial charge >= 0.3 is 0 Å². The minimum absolute atomic E-state index is 0.0282. The normalized spacial score (nSPS) is 12.5. The van der Waals surface area contributed by atoms with Crippen LogP contribution in [-0.4, -0.2) is 11.9 Å². The number of thiophene rings is 1. The summed E-state index contributed by atoms with van der Waals surface area (Å²) in [6.07, 6.45) is 1.41. The predicted molar refractivity (Wildman–Crippen MR) is 63.8 cm³/mol. The molecule has 0 aliphatic rings. The molecule has 0 spiro atoms. The molecule has 0 bridgehead atoms. The average molecular weight is 226 g/mol. The van der Waals surface area contributed by atoms with Crippen molar-refractivity contribution in [1.82, 2.24) is 5.32 Å². The maximum Gasteiger partial charge on any atom is 0.221 e. The van der Waals surface area contributed by atoms with Crippen LogP contribution in [0, 0.1) is 0 Å². The highest BCUT2D eigenvalue weighted by Crippen LogP contribution is 2.16. The van der Waals surface area contributed by atoms with Crippen LogP contribution in [0.25, 0.3) is 0 Å². The lowest BCUT2D eigenvalue weighted by molar-refractivity contribution is -0.121. The van der Waals surface area contributed by atoms with Crippen LogP contribution >= 0.6 is 11.3 Å². The molecule has 84 valence electrons. The zero-order valence-corrected chi connectivity index (χ0v) is 10.1. The van der Waals surface area contributed by atoms with Gasteiger partial charge in [-0.05, 0) is 30.4 Å². The van der Waals surface area contributed by atoms with E-state index in [-0.39, 0.29) is 11.9 Å². The molecule has 1 aromatic rings. The Balaban J connectivity index is 2.40. The van der Waals surface area contributed by atoms with E-state index in [0.29, 0.717) is 13.0 Å². The van der Waals surface area contributed by atoms with Crippen LogP contribution in [0.2, 0.25) is 0 Å². The van der Waals surface area contributed by atoms with Crippen LogP contribution in [0.5, 0.6) is 0 Å². The highest BCUT2D eigenvalue weighted by atomic mass is 32.1. The third-order valence-electron chi connectivity index (χ3n) is 2.17. The van der Waals surface area contributed by atoms with Gasteiger partial charge in [-0.2, -0.15) is 0 Å². The van der Waals surface area contributed by atoms with Gasteiger partial charge in [0.05, 0.1) is 6.54 Å². The van der Waals surface area contributed by atoms with E-state index in [4.69, 9.17) is 5.73 Å². The first-order chi connectivity index (χ1) is 7.13. The third-order valence-corrected chi connectivity index (χ3v) is 3.14. The standard InChI is InChI=1S/C11H18N2OS/c1-3-9-4-5-15-10(9)7-13-11(14)6-8(2)12/h4-5,8H,3,6-7,12H2,1-2H3,(H,13,14). The zero-order valence-electron chi connectivity index (χ0n) is 9.25. The fraction of sp³-hybridized carbons (Fsp3) is 0.545. The lowest BCUT2D eigenvalue weighted by Crippen LogP contribution is -2.29. The van der Waals surface area contributed by atoms with Gasteiger partial charge in [0.2, 0.25) is 5.91 Å². The van der Waals surface area contributed by atoms with Crippen LogP contribution < -0.4 is 11.1 Å². The highest BCUT2D eigenvalue weighted by molar-refractivity contribution is 7.10. The van der Waals surface area contributed by atoms with Crippen LogP contribution in [0.15, 0.2) is 11.4 Å². The molecule has 1 amide bonds. The van der Waals surface area contributed by atoms with Crippen LogP contribution in [0.3, 0.4) is 0 Å². The van der Waals surface area contributed by atoms with Gasteiger partial charge in [-0.1, -0.05) is 6.92 Å². The molecule has 15 heavy (non-hydrogen) atoms. The Hall–Kier alpha value is -0.870. The van der Waals surface area contributed by atoms with Gasteiger partial charge in [-0.15, -0.1) is 11.3 Å².